The molecule has 1 aromatic carbocycles. The van der Waals surface area contributed by atoms with Crippen molar-refractivity contribution in [3.05, 3.63) is 41.8 Å². The monoisotopic (exact) mass is 442 g/mol. The number of piperidine rings is 1. The summed E-state index contributed by atoms with van der Waals surface area (Å²) in [5.74, 6) is 2.63. The van der Waals surface area contributed by atoms with Crippen LogP contribution in [0.5, 0.6) is 5.75 Å². The first-order valence-corrected chi connectivity index (χ1v) is 11.5. The summed E-state index contributed by atoms with van der Waals surface area (Å²) in [6.45, 7) is 5.44. The van der Waals surface area contributed by atoms with Crippen LogP contribution in [0.3, 0.4) is 0 Å². The second-order valence-electron chi connectivity index (χ2n) is 8.68. The van der Waals surface area contributed by atoms with Crippen molar-refractivity contribution >= 4 is 11.6 Å². The summed E-state index contributed by atoms with van der Waals surface area (Å²) in [6.07, 6.45) is 2.43. The molecule has 4 rings (SSSR count). The Morgan fingerprint density at radius 3 is 2.78 bits per heavy atom. The zero-order chi connectivity index (χ0) is 22.3. The molecule has 2 aromatic rings. The van der Waals surface area contributed by atoms with Crippen molar-refractivity contribution in [3.8, 4) is 5.75 Å². The van der Waals surface area contributed by atoms with Crippen LogP contribution in [0.15, 0.2) is 34.9 Å². The summed E-state index contributed by atoms with van der Waals surface area (Å²) >= 11 is 0. The second-order valence-corrected chi connectivity index (χ2v) is 8.68. The van der Waals surface area contributed by atoms with Gasteiger partial charge in [-0.25, -0.2) is 0 Å². The summed E-state index contributed by atoms with van der Waals surface area (Å²) in [5.41, 5.74) is 2.04. The number of aromatic nitrogens is 1. The SMILES string of the molecule is COCc1cc(CC2CNCCC2CC(=O)N2CCN(c3ccccc3OC)CC2)no1. The summed E-state index contributed by atoms with van der Waals surface area (Å²) < 4.78 is 16.0. The van der Waals surface area contributed by atoms with Crippen molar-refractivity contribution in [1.82, 2.24) is 15.4 Å². The van der Waals surface area contributed by atoms with Gasteiger partial charge < -0.3 is 29.1 Å². The highest BCUT2D eigenvalue weighted by Gasteiger charge is 2.31. The van der Waals surface area contributed by atoms with Crippen LogP contribution in [-0.4, -0.2) is 69.5 Å². The molecular formula is C24H34N4O4. The number of anilines is 1. The number of para-hydroxylation sites is 2. The Morgan fingerprint density at radius 2 is 2.00 bits per heavy atom. The molecule has 2 atom stereocenters. The Bertz CT molecular complexity index is 878. The number of hydrogen-bond acceptors (Lipinski definition) is 7. The number of amides is 1. The van der Waals surface area contributed by atoms with E-state index in [-0.39, 0.29) is 5.91 Å². The molecule has 8 nitrogen and oxygen atoms in total. The van der Waals surface area contributed by atoms with Crippen LogP contribution < -0.4 is 15.0 Å². The summed E-state index contributed by atoms with van der Waals surface area (Å²) in [4.78, 5) is 17.5. The van der Waals surface area contributed by atoms with Gasteiger partial charge in [0.1, 0.15) is 12.4 Å². The first-order chi connectivity index (χ1) is 15.7. The maximum absolute atomic E-state index is 13.1. The van der Waals surface area contributed by atoms with E-state index < -0.39 is 0 Å². The predicted molar refractivity (Wildman–Crippen MR) is 122 cm³/mol. The third-order valence-electron chi connectivity index (χ3n) is 6.63. The van der Waals surface area contributed by atoms with E-state index in [4.69, 9.17) is 14.0 Å². The van der Waals surface area contributed by atoms with E-state index in [0.717, 1.165) is 75.0 Å². The van der Waals surface area contributed by atoms with E-state index in [9.17, 15) is 4.79 Å². The van der Waals surface area contributed by atoms with E-state index >= 15 is 0 Å². The van der Waals surface area contributed by atoms with Crippen molar-refractivity contribution in [2.75, 3.05) is 58.4 Å². The quantitative estimate of drug-likeness (QED) is 0.672. The van der Waals surface area contributed by atoms with Gasteiger partial charge in [0, 0.05) is 45.8 Å². The smallest absolute Gasteiger partial charge is 0.222 e. The standard InChI is InChI=1S/C24H34N4O4/c1-30-17-21-15-20(26-32-21)13-19-16-25-8-7-18(19)14-24(29)28-11-9-27(10-12-28)22-5-3-4-6-23(22)31-2/h3-6,15,18-19,25H,7-14,16-17H2,1-2H3. The fourth-order valence-corrected chi connectivity index (χ4v) is 4.86. The molecule has 0 bridgehead atoms. The molecule has 32 heavy (non-hydrogen) atoms. The number of carbonyl (C=O) groups excluding carboxylic acids is 1. The number of nitrogens with zero attached hydrogens (tertiary/aromatic N) is 3. The van der Waals surface area contributed by atoms with Gasteiger partial charge in [0.25, 0.3) is 0 Å². The Balaban J connectivity index is 1.31. The predicted octanol–water partition coefficient (Wildman–Crippen LogP) is 2.34. The highest BCUT2D eigenvalue weighted by Crippen LogP contribution is 2.30. The van der Waals surface area contributed by atoms with Crippen molar-refractivity contribution in [2.24, 2.45) is 11.8 Å². The maximum atomic E-state index is 13.1. The fourth-order valence-electron chi connectivity index (χ4n) is 4.86. The number of piperazine rings is 1. The molecule has 2 saturated heterocycles. The van der Waals surface area contributed by atoms with Gasteiger partial charge in [-0.05, 0) is 49.9 Å². The lowest BCUT2D eigenvalue weighted by molar-refractivity contribution is -0.133. The average molecular weight is 443 g/mol. The Kier molecular flexibility index (Phi) is 7.65. The molecule has 0 spiro atoms. The number of benzene rings is 1. The normalized spacial score (nSPS) is 21.6. The number of carbonyl (C=O) groups is 1. The lowest BCUT2D eigenvalue weighted by Gasteiger charge is -2.38. The molecule has 8 heteroatoms. The molecule has 3 heterocycles. The molecule has 2 unspecified atom stereocenters. The Hall–Kier alpha value is -2.58. The summed E-state index contributed by atoms with van der Waals surface area (Å²) in [5, 5.41) is 7.67. The second kappa shape index (κ2) is 10.8. The van der Waals surface area contributed by atoms with Crippen LogP contribution in [0.25, 0.3) is 0 Å². The maximum Gasteiger partial charge on any atom is 0.222 e. The van der Waals surface area contributed by atoms with Gasteiger partial charge in [0.05, 0.1) is 18.5 Å². The van der Waals surface area contributed by atoms with Crippen LogP contribution in [0.2, 0.25) is 0 Å². The average Bonchev–Trinajstić information content (AvgIpc) is 3.27. The van der Waals surface area contributed by atoms with Gasteiger partial charge in [0.2, 0.25) is 5.91 Å². The first-order valence-electron chi connectivity index (χ1n) is 11.5. The topological polar surface area (TPSA) is 80.1 Å². The highest BCUT2D eigenvalue weighted by atomic mass is 16.5. The van der Waals surface area contributed by atoms with Gasteiger partial charge in [-0.2, -0.15) is 0 Å². The number of hydrogen-bond donors (Lipinski definition) is 1. The van der Waals surface area contributed by atoms with Gasteiger partial charge in [-0.1, -0.05) is 17.3 Å². The van der Waals surface area contributed by atoms with Gasteiger partial charge in [0.15, 0.2) is 5.76 Å². The zero-order valence-electron chi connectivity index (χ0n) is 19.1. The van der Waals surface area contributed by atoms with E-state index in [0.29, 0.717) is 24.9 Å². The van der Waals surface area contributed by atoms with Crippen LogP contribution in [-0.2, 0) is 22.6 Å². The third kappa shape index (κ3) is 5.42. The molecule has 1 N–H and O–H groups in total. The van der Waals surface area contributed by atoms with Crippen molar-refractivity contribution in [3.63, 3.8) is 0 Å². The first kappa shape index (κ1) is 22.6. The lowest BCUT2D eigenvalue weighted by atomic mass is 9.81. The molecular weight excluding hydrogens is 408 g/mol. The molecule has 0 radical (unpaired) electrons. The number of methoxy groups -OCH3 is 2. The molecule has 2 fully saturated rings. The van der Waals surface area contributed by atoms with Crippen LogP contribution in [0, 0.1) is 11.8 Å². The number of nitrogens with one attached hydrogen (secondary N) is 1. The van der Waals surface area contributed by atoms with Crippen LogP contribution >= 0.6 is 0 Å². The zero-order valence-corrected chi connectivity index (χ0v) is 19.1. The molecule has 1 aromatic heterocycles. The highest BCUT2D eigenvalue weighted by molar-refractivity contribution is 5.77. The minimum atomic E-state index is 0.266. The van der Waals surface area contributed by atoms with E-state index in [1.165, 1.54) is 0 Å². The van der Waals surface area contributed by atoms with Crippen LogP contribution in [0.4, 0.5) is 5.69 Å². The molecule has 174 valence electrons. The third-order valence-corrected chi connectivity index (χ3v) is 6.63. The molecule has 1 amide bonds. The Morgan fingerprint density at radius 1 is 1.19 bits per heavy atom. The molecule has 2 aliphatic heterocycles. The lowest BCUT2D eigenvalue weighted by Crippen LogP contribution is -2.50. The van der Waals surface area contributed by atoms with Crippen molar-refractivity contribution in [1.29, 1.82) is 0 Å². The van der Waals surface area contributed by atoms with Crippen molar-refractivity contribution < 1.29 is 18.8 Å². The van der Waals surface area contributed by atoms with Gasteiger partial charge in [-0.3, -0.25) is 4.79 Å². The number of ether oxygens (including phenoxy) is 2. The van der Waals surface area contributed by atoms with Crippen LogP contribution in [0.1, 0.15) is 24.3 Å². The van der Waals surface area contributed by atoms with Crippen molar-refractivity contribution in [2.45, 2.75) is 25.9 Å². The van der Waals surface area contributed by atoms with E-state index in [1.807, 2.05) is 29.2 Å². The summed E-state index contributed by atoms with van der Waals surface area (Å²) in [7, 11) is 3.34. The number of rotatable bonds is 8. The molecule has 0 saturated carbocycles. The molecule has 2 aliphatic rings. The fraction of sp³-hybridized carbons (Fsp3) is 0.583. The molecule has 0 aliphatic carbocycles. The Labute approximate surface area is 189 Å². The van der Waals surface area contributed by atoms with E-state index in [1.54, 1.807) is 14.2 Å². The summed E-state index contributed by atoms with van der Waals surface area (Å²) in [6, 6.07) is 10.0. The van der Waals surface area contributed by atoms with Gasteiger partial charge in [-0.15, -0.1) is 0 Å². The van der Waals surface area contributed by atoms with E-state index in [2.05, 4.69) is 21.4 Å². The largest absolute Gasteiger partial charge is 0.495 e. The minimum Gasteiger partial charge on any atom is -0.495 e. The minimum absolute atomic E-state index is 0.266. The van der Waals surface area contributed by atoms with Gasteiger partial charge >= 0.3 is 0 Å².